The van der Waals surface area contributed by atoms with E-state index in [0.717, 1.165) is 5.82 Å². The normalized spacial score (nSPS) is 13.6. The van der Waals surface area contributed by atoms with Crippen LogP contribution >= 0.6 is 0 Å². The summed E-state index contributed by atoms with van der Waals surface area (Å²) in [6, 6.07) is 13.6. The van der Waals surface area contributed by atoms with Crippen molar-refractivity contribution in [2.45, 2.75) is 6.54 Å². The summed E-state index contributed by atoms with van der Waals surface area (Å²) in [5, 5.41) is 4.54. The molecule has 0 saturated carbocycles. The van der Waals surface area contributed by atoms with Crippen LogP contribution in [0.5, 0.6) is 0 Å². The van der Waals surface area contributed by atoms with Crippen LogP contribution in [-0.2, 0) is 11.3 Å². The van der Waals surface area contributed by atoms with Gasteiger partial charge in [-0.25, -0.2) is 23.4 Å². The molecule has 1 aliphatic heterocycles. The van der Waals surface area contributed by atoms with Gasteiger partial charge < -0.3 is 14.7 Å². The topological polar surface area (TPSA) is 83.3 Å². The zero-order chi connectivity index (χ0) is 25.9. The average Bonchev–Trinajstić information content (AvgIpc) is 3.33. The van der Waals surface area contributed by atoms with Gasteiger partial charge in [0.2, 0.25) is 11.9 Å². The molecule has 0 aliphatic carbocycles. The van der Waals surface area contributed by atoms with Crippen molar-refractivity contribution < 1.29 is 13.6 Å². The first kappa shape index (κ1) is 24.3. The van der Waals surface area contributed by atoms with Gasteiger partial charge in [0.25, 0.3) is 0 Å². The largest absolute Gasteiger partial charge is 0.353 e. The van der Waals surface area contributed by atoms with Gasteiger partial charge in [0, 0.05) is 57.6 Å². The fourth-order valence-corrected chi connectivity index (χ4v) is 4.13. The van der Waals surface area contributed by atoms with Crippen LogP contribution in [0, 0.1) is 11.6 Å². The lowest BCUT2D eigenvalue weighted by Gasteiger charge is -2.35. The molecule has 9 nitrogen and oxygen atoms in total. The maximum Gasteiger partial charge on any atom is 0.244 e. The molecule has 0 spiro atoms. The van der Waals surface area contributed by atoms with Crippen LogP contribution in [0.3, 0.4) is 0 Å². The number of benzene rings is 2. The number of carbonyl (C=O) groups is 1. The molecule has 0 unspecified atom stereocenters. The SMILES string of the molecule is CN(C)c1nccc(N2CCN(C(=O)Cn3nc(-c4ccc(F)cc4)nc3-c3ccc(F)cc3)CC2)n1. The lowest BCUT2D eigenvalue weighted by atomic mass is 10.2. The highest BCUT2D eigenvalue weighted by Crippen LogP contribution is 2.24. The summed E-state index contributed by atoms with van der Waals surface area (Å²) in [4.78, 5) is 32.5. The van der Waals surface area contributed by atoms with Gasteiger partial charge in [-0.1, -0.05) is 0 Å². The van der Waals surface area contributed by atoms with Crippen molar-refractivity contribution in [1.29, 1.82) is 0 Å². The minimum absolute atomic E-state index is 0.0286. The Morgan fingerprint density at radius 2 is 1.49 bits per heavy atom. The number of halogens is 2. The van der Waals surface area contributed by atoms with Crippen LogP contribution < -0.4 is 9.80 Å². The molecule has 2 aromatic heterocycles. The summed E-state index contributed by atoms with van der Waals surface area (Å²) in [7, 11) is 3.78. The van der Waals surface area contributed by atoms with Crippen LogP contribution in [0.25, 0.3) is 22.8 Å². The minimum Gasteiger partial charge on any atom is -0.353 e. The molecule has 1 saturated heterocycles. The number of carbonyl (C=O) groups excluding carboxylic acids is 1. The van der Waals surface area contributed by atoms with E-state index in [-0.39, 0.29) is 24.1 Å². The van der Waals surface area contributed by atoms with Crippen molar-refractivity contribution >= 4 is 17.7 Å². The first-order valence-electron chi connectivity index (χ1n) is 11.9. The molecule has 0 bridgehead atoms. The molecule has 190 valence electrons. The minimum atomic E-state index is -0.371. The number of aromatic nitrogens is 5. The molecule has 1 aliphatic rings. The molecular weight excluding hydrogens is 478 g/mol. The zero-order valence-electron chi connectivity index (χ0n) is 20.6. The first-order chi connectivity index (χ1) is 17.9. The van der Waals surface area contributed by atoms with E-state index in [9.17, 15) is 13.6 Å². The maximum absolute atomic E-state index is 13.5. The van der Waals surface area contributed by atoms with Gasteiger partial charge in [-0.2, -0.15) is 4.98 Å². The summed E-state index contributed by atoms with van der Waals surface area (Å²) in [6.07, 6.45) is 1.73. The maximum atomic E-state index is 13.5. The zero-order valence-corrected chi connectivity index (χ0v) is 20.6. The lowest BCUT2D eigenvalue weighted by Crippen LogP contribution is -2.50. The summed E-state index contributed by atoms with van der Waals surface area (Å²) >= 11 is 0. The molecule has 0 atom stereocenters. The van der Waals surface area contributed by atoms with Crippen molar-refractivity contribution in [2.24, 2.45) is 0 Å². The molecule has 0 N–H and O–H groups in total. The quantitative estimate of drug-likeness (QED) is 0.399. The lowest BCUT2D eigenvalue weighted by molar-refractivity contribution is -0.132. The van der Waals surface area contributed by atoms with Crippen molar-refractivity contribution in [3.63, 3.8) is 0 Å². The molecule has 1 fully saturated rings. The van der Waals surface area contributed by atoms with E-state index in [4.69, 9.17) is 0 Å². The van der Waals surface area contributed by atoms with E-state index in [1.807, 2.05) is 25.1 Å². The van der Waals surface area contributed by atoms with Gasteiger partial charge in [-0.05, 0) is 54.6 Å². The Bertz CT molecular complexity index is 1380. The Balaban J connectivity index is 1.33. The van der Waals surface area contributed by atoms with Crippen LogP contribution in [0.1, 0.15) is 0 Å². The van der Waals surface area contributed by atoms with E-state index in [1.54, 1.807) is 35.4 Å². The predicted octanol–water partition coefficient (Wildman–Crippen LogP) is 3.10. The molecule has 11 heteroatoms. The number of rotatable bonds is 6. The van der Waals surface area contributed by atoms with E-state index < -0.39 is 0 Å². The molecule has 37 heavy (non-hydrogen) atoms. The third-order valence-corrected chi connectivity index (χ3v) is 6.15. The van der Waals surface area contributed by atoms with Gasteiger partial charge in [0.15, 0.2) is 11.6 Å². The van der Waals surface area contributed by atoms with Crippen molar-refractivity contribution in [1.82, 2.24) is 29.6 Å². The van der Waals surface area contributed by atoms with E-state index in [0.29, 0.717) is 54.9 Å². The highest BCUT2D eigenvalue weighted by Gasteiger charge is 2.24. The monoisotopic (exact) mass is 504 g/mol. The van der Waals surface area contributed by atoms with Crippen molar-refractivity contribution in [2.75, 3.05) is 50.1 Å². The summed E-state index contributed by atoms with van der Waals surface area (Å²) in [5.74, 6) is 1.41. The fourth-order valence-electron chi connectivity index (χ4n) is 4.13. The molecule has 3 heterocycles. The van der Waals surface area contributed by atoms with Crippen molar-refractivity contribution in [3.8, 4) is 22.8 Å². The van der Waals surface area contributed by atoms with E-state index in [2.05, 4.69) is 25.0 Å². The third kappa shape index (κ3) is 5.40. The van der Waals surface area contributed by atoms with Crippen LogP contribution in [-0.4, -0.2) is 75.8 Å². The predicted molar refractivity (Wildman–Crippen MR) is 136 cm³/mol. The first-order valence-corrected chi connectivity index (χ1v) is 11.9. The number of hydrogen-bond donors (Lipinski definition) is 0. The second-order valence-corrected chi connectivity index (χ2v) is 8.91. The number of piperazine rings is 1. The second kappa shape index (κ2) is 10.3. The molecular formula is C26H26F2N8O. The van der Waals surface area contributed by atoms with Crippen LogP contribution in [0.2, 0.25) is 0 Å². The Morgan fingerprint density at radius 3 is 2.11 bits per heavy atom. The second-order valence-electron chi connectivity index (χ2n) is 8.91. The highest BCUT2D eigenvalue weighted by molar-refractivity contribution is 5.77. The van der Waals surface area contributed by atoms with Gasteiger partial charge in [0.1, 0.15) is 24.0 Å². The van der Waals surface area contributed by atoms with Gasteiger partial charge in [-0.3, -0.25) is 4.79 Å². The highest BCUT2D eigenvalue weighted by atomic mass is 19.1. The molecule has 1 amide bonds. The number of anilines is 2. The molecule has 4 aromatic rings. The van der Waals surface area contributed by atoms with E-state index in [1.165, 1.54) is 28.9 Å². The summed E-state index contributed by atoms with van der Waals surface area (Å²) < 4.78 is 28.5. The van der Waals surface area contributed by atoms with Gasteiger partial charge in [0.05, 0.1) is 0 Å². The van der Waals surface area contributed by atoms with Crippen molar-refractivity contribution in [3.05, 3.63) is 72.4 Å². The summed E-state index contributed by atoms with van der Waals surface area (Å²) in [5.41, 5.74) is 1.24. The number of amides is 1. The number of nitrogens with zero attached hydrogens (tertiary/aromatic N) is 8. The van der Waals surface area contributed by atoms with E-state index >= 15 is 0 Å². The Labute approximate surface area is 213 Å². The standard InChI is InChI=1S/C26H26F2N8O/c1-33(2)26-29-12-11-22(30-26)34-13-15-35(16-14-34)23(37)17-36-25(19-5-9-21(28)10-6-19)31-24(32-36)18-3-7-20(27)8-4-18/h3-12H,13-17H2,1-2H3. The summed E-state index contributed by atoms with van der Waals surface area (Å²) in [6.45, 7) is 2.31. The average molecular weight is 505 g/mol. The van der Waals surface area contributed by atoms with Crippen LogP contribution in [0.4, 0.5) is 20.5 Å². The molecule has 5 rings (SSSR count). The Kier molecular flexibility index (Phi) is 6.76. The Morgan fingerprint density at radius 1 is 0.865 bits per heavy atom. The Hall–Kier alpha value is -4.41. The number of hydrogen-bond acceptors (Lipinski definition) is 7. The van der Waals surface area contributed by atoms with Gasteiger partial charge >= 0.3 is 0 Å². The molecule has 0 radical (unpaired) electrons. The third-order valence-electron chi connectivity index (χ3n) is 6.15. The fraction of sp³-hybridized carbons (Fsp3) is 0.269. The van der Waals surface area contributed by atoms with Gasteiger partial charge in [-0.15, -0.1) is 5.10 Å². The molecule has 2 aromatic carbocycles. The smallest absolute Gasteiger partial charge is 0.244 e. The van der Waals surface area contributed by atoms with Crippen LogP contribution in [0.15, 0.2) is 60.8 Å².